The number of nitrogens with one attached hydrogen (secondary N) is 1. The van der Waals surface area contributed by atoms with Crippen molar-refractivity contribution in [3.8, 4) is 0 Å². The van der Waals surface area contributed by atoms with Crippen molar-refractivity contribution in [2.75, 3.05) is 12.8 Å². The second kappa shape index (κ2) is 6.34. The predicted molar refractivity (Wildman–Crippen MR) is 76.5 cm³/mol. The number of hydrogen-bond acceptors (Lipinski definition) is 3. The lowest BCUT2D eigenvalue weighted by atomic mass is 10.1. The highest BCUT2D eigenvalue weighted by Crippen LogP contribution is 2.13. The minimum absolute atomic E-state index is 0.145. The molecule has 0 saturated carbocycles. The highest BCUT2D eigenvalue weighted by molar-refractivity contribution is 7.90. The van der Waals surface area contributed by atoms with Gasteiger partial charge in [-0.2, -0.15) is 0 Å². The van der Waals surface area contributed by atoms with E-state index in [2.05, 4.69) is 11.4 Å². The summed E-state index contributed by atoms with van der Waals surface area (Å²) < 4.78 is 24.0. The third-order valence-corrected chi connectivity index (χ3v) is 4.65. The Bertz CT molecular complexity index is 474. The van der Waals surface area contributed by atoms with Gasteiger partial charge >= 0.3 is 0 Å². The lowest BCUT2D eigenvalue weighted by molar-refractivity contribution is 0.565. The van der Waals surface area contributed by atoms with Gasteiger partial charge in [-0.15, -0.1) is 0 Å². The summed E-state index contributed by atoms with van der Waals surface area (Å²) in [5.74, 6) is 0.383. The molecule has 0 aliphatic heterocycles. The maximum absolute atomic E-state index is 12.0. The molecule has 1 N–H and O–H groups in total. The molecule has 0 fully saturated rings. The second-order valence-corrected chi connectivity index (χ2v) is 7.25. The molecule has 0 spiro atoms. The summed E-state index contributed by atoms with van der Waals surface area (Å²) in [5.41, 5.74) is 3.12. The number of rotatable bonds is 6. The van der Waals surface area contributed by atoms with E-state index in [1.165, 1.54) is 0 Å². The van der Waals surface area contributed by atoms with Gasteiger partial charge in [0.05, 0.1) is 11.5 Å². The average Bonchev–Trinajstić information content (AvgIpc) is 2.23. The first kappa shape index (κ1) is 15.2. The Balaban J connectivity index is 2.70. The van der Waals surface area contributed by atoms with Gasteiger partial charge in [-0.05, 0) is 39.8 Å². The molecule has 1 aromatic rings. The molecule has 0 saturated heterocycles. The molecule has 18 heavy (non-hydrogen) atoms. The van der Waals surface area contributed by atoms with Crippen LogP contribution in [0, 0.1) is 13.8 Å². The van der Waals surface area contributed by atoms with Crippen molar-refractivity contribution in [3.05, 3.63) is 34.9 Å². The SMILES string of the molecule is CNC(C)CCS(=O)(=O)Cc1cc(C)cc(C)c1. The number of hydrogen-bond donors (Lipinski definition) is 1. The van der Waals surface area contributed by atoms with E-state index in [0.717, 1.165) is 16.7 Å². The Morgan fingerprint density at radius 2 is 1.72 bits per heavy atom. The zero-order valence-corrected chi connectivity index (χ0v) is 12.5. The molecular formula is C14H23NO2S. The van der Waals surface area contributed by atoms with Gasteiger partial charge in [0.2, 0.25) is 0 Å². The molecule has 0 radical (unpaired) electrons. The second-order valence-electron chi connectivity index (χ2n) is 5.07. The molecule has 0 bridgehead atoms. The van der Waals surface area contributed by atoms with Crippen molar-refractivity contribution in [3.63, 3.8) is 0 Å². The van der Waals surface area contributed by atoms with E-state index in [9.17, 15) is 8.42 Å². The van der Waals surface area contributed by atoms with Crippen molar-refractivity contribution in [1.29, 1.82) is 0 Å². The summed E-state index contributed by atoms with van der Waals surface area (Å²) in [4.78, 5) is 0. The summed E-state index contributed by atoms with van der Waals surface area (Å²) in [5, 5.41) is 3.06. The van der Waals surface area contributed by atoms with Gasteiger partial charge in [-0.1, -0.05) is 29.3 Å². The van der Waals surface area contributed by atoms with Crippen molar-refractivity contribution < 1.29 is 8.42 Å². The van der Waals surface area contributed by atoms with Crippen molar-refractivity contribution >= 4 is 9.84 Å². The number of benzene rings is 1. The fourth-order valence-corrected chi connectivity index (χ4v) is 3.51. The van der Waals surface area contributed by atoms with Crippen molar-refractivity contribution in [2.45, 2.75) is 39.0 Å². The smallest absolute Gasteiger partial charge is 0.154 e. The Morgan fingerprint density at radius 1 is 1.17 bits per heavy atom. The van der Waals surface area contributed by atoms with Gasteiger partial charge in [0, 0.05) is 6.04 Å². The quantitative estimate of drug-likeness (QED) is 0.861. The van der Waals surface area contributed by atoms with Gasteiger partial charge in [0.15, 0.2) is 9.84 Å². The maximum atomic E-state index is 12.0. The first-order valence-electron chi connectivity index (χ1n) is 6.27. The van der Waals surface area contributed by atoms with Crippen LogP contribution >= 0.6 is 0 Å². The van der Waals surface area contributed by atoms with Crippen LogP contribution in [0.4, 0.5) is 0 Å². The van der Waals surface area contributed by atoms with Gasteiger partial charge in [-0.25, -0.2) is 8.42 Å². The molecule has 102 valence electrons. The Morgan fingerprint density at radius 3 is 2.22 bits per heavy atom. The first-order valence-corrected chi connectivity index (χ1v) is 8.09. The summed E-state index contributed by atoms with van der Waals surface area (Å²) in [6, 6.07) is 6.19. The summed E-state index contributed by atoms with van der Waals surface area (Å²) in [6.07, 6.45) is 0.656. The fraction of sp³-hybridized carbons (Fsp3) is 0.571. The highest BCUT2D eigenvalue weighted by atomic mass is 32.2. The zero-order chi connectivity index (χ0) is 13.8. The monoisotopic (exact) mass is 269 g/mol. The van der Waals surface area contributed by atoms with Crippen LogP contribution in [0.1, 0.15) is 30.0 Å². The van der Waals surface area contributed by atoms with Crippen LogP contribution in [-0.2, 0) is 15.6 Å². The van der Waals surface area contributed by atoms with Crippen LogP contribution in [0.2, 0.25) is 0 Å². The molecule has 0 aromatic heterocycles. The lowest BCUT2D eigenvalue weighted by Crippen LogP contribution is -2.24. The van der Waals surface area contributed by atoms with Crippen molar-refractivity contribution in [1.82, 2.24) is 5.32 Å². The Labute approximate surface area is 111 Å². The molecule has 3 nitrogen and oxygen atoms in total. The van der Waals surface area contributed by atoms with Crippen molar-refractivity contribution in [2.24, 2.45) is 0 Å². The molecule has 4 heteroatoms. The van der Waals surface area contributed by atoms with Crippen LogP contribution in [0.25, 0.3) is 0 Å². The van der Waals surface area contributed by atoms with Crippen LogP contribution in [0.15, 0.2) is 18.2 Å². The number of aryl methyl sites for hydroxylation is 2. The summed E-state index contributed by atoms with van der Waals surface area (Å²) >= 11 is 0. The standard InChI is InChI=1S/C14H23NO2S/c1-11-7-12(2)9-14(8-11)10-18(16,17)6-5-13(3)15-4/h7-9,13,15H,5-6,10H2,1-4H3. The Hall–Kier alpha value is -0.870. The lowest BCUT2D eigenvalue weighted by Gasteiger charge is -2.11. The third-order valence-electron chi connectivity index (χ3n) is 3.02. The highest BCUT2D eigenvalue weighted by Gasteiger charge is 2.14. The molecule has 0 aliphatic carbocycles. The van der Waals surface area contributed by atoms with Crippen LogP contribution in [-0.4, -0.2) is 27.3 Å². The van der Waals surface area contributed by atoms with E-state index >= 15 is 0 Å². The van der Waals surface area contributed by atoms with Crippen LogP contribution in [0.3, 0.4) is 0 Å². The molecular weight excluding hydrogens is 246 g/mol. The molecule has 0 aliphatic rings. The van der Waals surface area contributed by atoms with Gasteiger partial charge in [0.25, 0.3) is 0 Å². The minimum Gasteiger partial charge on any atom is -0.317 e. The minimum atomic E-state index is -3.01. The largest absolute Gasteiger partial charge is 0.317 e. The van der Waals surface area contributed by atoms with Gasteiger partial charge in [0.1, 0.15) is 0 Å². The topological polar surface area (TPSA) is 46.2 Å². The van der Waals surface area contributed by atoms with E-state index in [1.54, 1.807) is 0 Å². The van der Waals surface area contributed by atoms with Gasteiger partial charge < -0.3 is 5.32 Å². The summed E-state index contributed by atoms with van der Waals surface area (Å²) in [6.45, 7) is 5.98. The molecule has 1 unspecified atom stereocenters. The normalized spacial score (nSPS) is 13.6. The Kier molecular flexibility index (Phi) is 5.35. The van der Waals surface area contributed by atoms with E-state index in [0.29, 0.717) is 6.42 Å². The average molecular weight is 269 g/mol. The molecule has 1 atom stereocenters. The first-order chi connectivity index (χ1) is 8.32. The van der Waals surface area contributed by atoms with E-state index in [-0.39, 0.29) is 17.5 Å². The maximum Gasteiger partial charge on any atom is 0.154 e. The summed E-state index contributed by atoms with van der Waals surface area (Å²) in [7, 11) is -1.16. The molecule has 0 heterocycles. The third kappa shape index (κ3) is 5.19. The fourth-order valence-electron chi connectivity index (χ4n) is 1.98. The predicted octanol–water partition coefficient (Wildman–Crippen LogP) is 2.22. The van der Waals surface area contributed by atoms with E-state index in [4.69, 9.17) is 0 Å². The molecule has 1 rings (SSSR count). The molecule has 0 amide bonds. The van der Waals surface area contributed by atoms with Crippen LogP contribution in [0.5, 0.6) is 0 Å². The van der Waals surface area contributed by atoms with Gasteiger partial charge in [-0.3, -0.25) is 0 Å². The van der Waals surface area contributed by atoms with E-state index in [1.807, 2.05) is 40.0 Å². The zero-order valence-electron chi connectivity index (χ0n) is 11.7. The van der Waals surface area contributed by atoms with E-state index < -0.39 is 9.84 Å². The molecule has 1 aromatic carbocycles. The van der Waals surface area contributed by atoms with Crippen LogP contribution < -0.4 is 5.32 Å². The number of sulfone groups is 1.